The molecule has 0 aromatic heterocycles. The maximum Gasteiger partial charge on any atom is 4.00 e. The fourth-order valence-electron chi connectivity index (χ4n) is 2.93. The molecule has 1 atom stereocenters. The minimum absolute atomic E-state index is 0. The van der Waals surface area contributed by atoms with E-state index in [1.807, 2.05) is 0 Å². The zero-order valence-corrected chi connectivity index (χ0v) is 18.3. The van der Waals surface area contributed by atoms with Crippen molar-refractivity contribution >= 4 is 13.3 Å². The zero-order valence-electron chi connectivity index (χ0n) is 13.4. The maximum absolute atomic E-state index is 3.64. The molecular weight excluding hydrogens is 386 g/mol. The molecule has 22 heavy (non-hydrogen) atoms. The van der Waals surface area contributed by atoms with Crippen LogP contribution in [0.5, 0.6) is 0 Å². The number of allylic oxidation sites excluding steroid dienone is 4. The van der Waals surface area contributed by atoms with Gasteiger partial charge in [-0.2, -0.15) is 6.08 Å². The first-order valence-electron chi connectivity index (χ1n) is 7.02. The molecule has 0 spiro atoms. The molecule has 5 heteroatoms. The maximum atomic E-state index is 3.64. The average Bonchev–Trinajstić information content (AvgIpc) is 2.84. The van der Waals surface area contributed by atoms with Crippen molar-refractivity contribution in [2.45, 2.75) is 45.7 Å². The Kier molecular flexibility index (Phi) is 16.0. The number of benzene rings is 1. The third-order valence-corrected chi connectivity index (χ3v) is 8.71. The van der Waals surface area contributed by atoms with E-state index in [1.54, 1.807) is 10.4 Å². The summed E-state index contributed by atoms with van der Waals surface area (Å²) in [6.07, 6.45) is 9.60. The molecule has 0 aliphatic heterocycles. The smallest absolute Gasteiger partial charge is 1.00 e. The quantitative estimate of drug-likeness (QED) is 0.339. The number of unbranched alkanes of at least 4 members (excludes halogenated alkanes) is 1. The van der Waals surface area contributed by atoms with Gasteiger partial charge in [-0.25, -0.2) is 10.8 Å². The molecule has 0 radical (unpaired) electrons. The molecule has 0 N–H and O–H groups in total. The first-order valence-corrected chi connectivity index (χ1v) is 9.73. The number of hydrogen-bond acceptors (Lipinski definition) is 0. The summed E-state index contributed by atoms with van der Waals surface area (Å²) in [5, 5.41) is 3.12. The van der Waals surface area contributed by atoms with E-state index in [9.17, 15) is 0 Å². The van der Waals surface area contributed by atoms with Gasteiger partial charge in [-0.15, -0.1) is 13.3 Å². The first-order chi connectivity index (χ1) is 8.68. The minimum atomic E-state index is -1.54. The van der Waals surface area contributed by atoms with E-state index in [1.165, 1.54) is 24.5 Å². The number of halogens is 3. The second-order valence-corrected chi connectivity index (χ2v) is 9.69. The summed E-state index contributed by atoms with van der Waals surface area (Å²) in [7, 11) is -1.54. The van der Waals surface area contributed by atoms with Crippen molar-refractivity contribution in [1.29, 1.82) is 0 Å². The summed E-state index contributed by atoms with van der Waals surface area (Å²) in [6.45, 7) is 7.06. The second-order valence-electron chi connectivity index (χ2n) is 5.44. The molecule has 1 unspecified atom stereocenters. The third-order valence-electron chi connectivity index (χ3n) is 4.07. The van der Waals surface area contributed by atoms with Gasteiger partial charge in [-0.05, 0) is 0 Å². The standard InChI is InChI=1S/C17H23Si.3ClH.Ti/c1-4-5-14-18(3,16-11-7-6-8-12-16)17-13-9-10-15(17)2;;;;/h6-8,10-12H,4-5,9,14H2,1-3H3;3*1H;/q-1;;;;+4/p-3. The van der Waals surface area contributed by atoms with Gasteiger partial charge in [-0.1, -0.05) is 67.9 Å². The molecule has 0 saturated heterocycles. The molecule has 1 aromatic rings. The fraction of sp³-hybridized carbons (Fsp3) is 0.412. The minimum Gasteiger partial charge on any atom is -1.00 e. The van der Waals surface area contributed by atoms with E-state index in [0.29, 0.717) is 0 Å². The normalized spacial score (nSPS) is 14.9. The second kappa shape index (κ2) is 12.9. The van der Waals surface area contributed by atoms with Crippen molar-refractivity contribution in [3.8, 4) is 0 Å². The van der Waals surface area contributed by atoms with E-state index >= 15 is 0 Å². The van der Waals surface area contributed by atoms with Crippen molar-refractivity contribution in [3.63, 3.8) is 0 Å². The van der Waals surface area contributed by atoms with Gasteiger partial charge in [0.2, 0.25) is 0 Å². The van der Waals surface area contributed by atoms with Gasteiger partial charge in [0.25, 0.3) is 0 Å². The Morgan fingerprint density at radius 1 is 1.09 bits per heavy atom. The predicted molar refractivity (Wildman–Crippen MR) is 82.5 cm³/mol. The molecule has 0 amide bonds. The Labute approximate surface area is 170 Å². The van der Waals surface area contributed by atoms with Gasteiger partial charge in [0.05, 0.1) is 8.07 Å². The van der Waals surface area contributed by atoms with E-state index < -0.39 is 8.07 Å². The van der Waals surface area contributed by atoms with Crippen molar-refractivity contribution in [2.24, 2.45) is 0 Å². The predicted octanol–water partition coefficient (Wildman–Crippen LogP) is -4.60. The Hall–Kier alpha value is 0.501. The van der Waals surface area contributed by atoms with E-state index in [2.05, 4.69) is 62.9 Å². The SMILES string of the molecule is CCCC[Si](C)(C1=[C-]CC=C1C)c1ccccc1.[Cl-].[Cl-].[Cl-].[Ti+4]. The van der Waals surface area contributed by atoms with E-state index in [0.717, 1.165) is 6.42 Å². The largest absolute Gasteiger partial charge is 4.00 e. The van der Waals surface area contributed by atoms with Crippen LogP contribution in [-0.4, -0.2) is 8.07 Å². The Morgan fingerprint density at radius 3 is 2.14 bits per heavy atom. The van der Waals surface area contributed by atoms with Crippen molar-refractivity contribution < 1.29 is 58.9 Å². The van der Waals surface area contributed by atoms with Gasteiger partial charge >= 0.3 is 21.7 Å². The van der Waals surface area contributed by atoms with Gasteiger partial charge in [0.1, 0.15) is 0 Å². The van der Waals surface area contributed by atoms with Crippen LogP contribution in [0.3, 0.4) is 0 Å². The van der Waals surface area contributed by atoms with Crippen LogP contribution in [0.4, 0.5) is 0 Å². The zero-order chi connectivity index (χ0) is 13.0. The average molecular weight is 410 g/mol. The van der Waals surface area contributed by atoms with E-state index in [-0.39, 0.29) is 58.9 Å². The number of hydrogen-bond donors (Lipinski definition) is 0. The monoisotopic (exact) mass is 408 g/mol. The molecular formula is C17H23Cl3SiTi. The van der Waals surface area contributed by atoms with Crippen LogP contribution in [0.2, 0.25) is 12.6 Å². The topological polar surface area (TPSA) is 0 Å². The van der Waals surface area contributed by atoms with Crippen LogP contribution >= 0.6 is 0 Å². The Morgan fingerprint density at radius 2 is 1.68 bits per heavy atom. The van der Waals surface area contributed by atoms with Crippen LogP contribution in [-0.2, 0) is 21.7 Å². The molecule has 2 rings (SSSR count). The molecule has 1 aliphatic rings. The third kappa shape index (κ3) is 6.19. The van der Waals surface area contributed by atoms with Crippen LogP contribution in [0.25, 0.3) is 0 Å². The molecule has 120 valence electrons. The van der Waals surface area contributed by atoms with Gasteiger partial charge in [0, 0.05) is 0 Å². The summed E-state index contributed by atoms with van der Waals surface area (Å²) in [4.78, 5) is 0. The summed E-state index contributed by atoms with van der Waals surface area (Å²) >= 11 is 0. The first kappa shape index (κ1) is 27.4. The fourth-order valence-corrected chi connectivity index (χ4v) is 7.21. The Bertz CT molecular complexity index is 474. The van der Waals surface area contributed by atoms with Crippen LogP contribution in [0, 0.1) is 6.08 Å². The van der Waals surface area contributed by atoms with Crippen molar-refractivity contribution in [1.82, 2.24) is 0 Å². The number of rotatable bonds is 5. The molecule has 0 fully saturated rings. The molecule has 1 aromatic carbocycles. The van der Waals surface area contributed by atoms with Crippen molar-refractivity contribution in [2.75, 3.05) is 0 Å². The Balaban J connectivity index is -0.000000902. The molecule has 0 bridgehead atoms. The van der Waals surface area contributed by atoms with Gasteiger partial charge in [-0.3, -0.25) is 6.08 Å². The molecule has 0 nitrogen and oxygen atoms in total. The summed E-state index contributed by atoms with van der Waals surface area (Å²) in [5.74, 6) is 0. The van der Waals surface area contributed by atoms with E-state index in [4.69, 9.17) is 0 Å². The van der Waals surface area contributed by atoms with Gasteiger partial charge < -0.3 is 37.2 Å². The van der Waals surface area contributed by atoms with Crippen molar-refractivity contribution in [3.05, 3.63) is 53.3 Å². The molecule has 1 aliphatic carbocycles. The van der Waals surface area contributed by atoms with Crippen LogP contribution < -0.4 is 42.4 Å². The summed E-state index contributed by atoms with van der Waals surface area (Å²) in [5.41, 5.74) is 1.48. The van der Waals surface area contributed by atoms with Gasteiger partial charge in [0.15, 0.2) is 0 Å². The molecule has 0 saturated carbocycles. The van der Waals surface area contributed by atoms with Crippen LogP contribution in [0.1, 0.15) is 33.1 Å². The van der Waals surface area contributed by atoms with Crippen LogP contribution in [0.15, 0.2) is 47.2 Å². The molecule has 0 heterocycles. The summed E-state index contributed by atoms with van der Waals surface area (Å²) < 4.78 is 0. The summed E-state index contributed by atoms with van der Waals surface area (Å²) in [6, 6.07) is 12.5.